The molecule has 2 aliphatic heterocycles. The third-order valence-corrected chi connectivity index (χ3v) is 7.08. The van der Waals surface area contributed by atoms with Crippen LogP contribution in [0.4, 0.5) is 4.79 Å². The van der Waals surface area contributed by atoms with Crippen molar-refractivity contribution in [2.45, 2.75) is 70.6 Å². The van der Waals surface area contributed by atoms with Gasteiger partial charge >= 0.3 is 13.2 Å². The highest BCUT2D eigenvalue weighted by molar-refractivity contribution is 6.49. The van der Waals surface area contributed by atoms with Gasteiger partial charge in [-0.25, -0.2) is 4.79 Å². The lowest BCUT2D eigenvalue weighted by Crippen LogP contribution is -2.41. The summed E-state index contributed by atoms with van der Waals surface area (Å²) in [4.78, 5) is 14.2. The van der Waals surface area contributed by atoms with E-state index in [0.717, 1.165) is 37.9 Å². The highest BCUT2D eigenvalue weighted by Gasteiger charge is 2.66. The fourth-order valence-electron chi connectivity index (χ4n) is 4.34. The molecule has 1 aromatic carbocycles. The summed E-state index contributed by atoms with van der Waals surface area (Å²) in [6, 6.07) is 9.81. The lowest BCUT2D eigenvalue weighted by Gasteiger charge is -2.32. The molecular weight excluding hydrogens is 341 g/mol. The van der Waals surface area contributed by atoms with Gasteiger partial charge in [0.2, 0.25) is 0 Å². The van der Waals surface area contributed by atoms with Gasteiger partial charge in [-0.1, -0.05) is 30.3 Å². The van der Waals surface area contributed by atoms with Gasteiger partial charge in [0.25, 0.3) is 0 Å². The van der Waals surface area contributed by atoms with Crippen molar-refractivity contribution in [3.8, 4) is 0 Å². The number of amides is 1. The lowest BCUT2D eigenvalue weighted by atomic mass is 9.74. The van der Waals surface area contributed by atoms with Crippen LogP contribution in [0.1, 0.15) is 52.5 Å². The van der Waals surface area contributed by atoms with Crippen molar-refractivity contribution < 1.29 is 18.8 Å². The number of likely N-dealkylation sites (tertiary alicyclic amines) is 1. The Balaban J connectivity index is 1.27. The topological polar surface area (TPSA) is 48.0 Å². The molecule has 1 aliphatic carbocycles. The number of hydrogen-bond donors (Lipinski definition) is 0. The Bertz CT molecular complexity index is 681. The molecule has 1 atom stereocenters. The summed E-state index contributed by atoms with van der Waals surface area (Å²) >= 11 is 0. The molecule has 4 rings (SSSR count). The van der Waals surface area contributed by atoms with E-state index in [9.17, 15) is 4.79 Å². The summed E-state index contributed by atoms with van der Waals surface area (Å²) in [5, 5.41) is 0. The Morgan fingerprint density at radius 1 is 1.11 bits per heavy atom. The molecule has 27 heavy (non-hydrogen) atoms. The Kier molecular flexibility index (Phi) is 4.55. The van der Waals surface area contributed by atoms with Crippen molar-refractivity contribution in [1.29, 1.82) is 0 Å². The van der Waals surface area contributed by atoms with Crippen LogP contribution in [-0.2, 0) is 20.7 Å². The number of piperidine rings is 1. The summed E-state index contributed by atoms with van der Waals surface area (Å²) in [5.41, 5.74) is 0.742. The van der Waals surface area contributed by atoms with Gasteiger partial charge in [0, 0.05) is 18.9 Å². The second kappa shape index (κ2) is 6.52. The van der Waals surface area contributed by atoms with Crippen molar-refractivity contribution >= 4 is 13.2 Å². The first-order valence-electron chi connectivity index (χ1n) is 10.0. The number of benzene rings is 1. The van der Waals surface area contributed by atoms with Gasteiger partial charge in [-0.2, -0.15) is 0 Å². The molecule has 146 valence electrons. The zero-order valence-electron chi connectivity index (χ0n) is 16.9. The van der Waals surface area contributed by atoms with Gasteiger partial charge in [0.05, 0.1) is 11.2 Å². The standard InChI is InChI=1S/C21H30BNO4/c1-19(2)20(3,4)27-22(26-19)17-14-21(17)10-12-23(13-11-21)18(24)25-15-16-8-6-5-7-9-16/h5-9,17H,10-15H2,1-4H3. The number of rotatable bonds is 3. The normalized spacial score (nSPS) is 27.6. The van der Waals surface area contributed by atoms with Crippen LogP contribution in [0.25, 0.3) is 0 Å². The number of hydrogen-bond acceptors (Lipinski definition) is 4. The van der Waals surface area contributed by atoms with E-state index in [0.29, 0.717) is 12.4 Å². The minimum atomic E-state index is -0.274. The molecule has 1 spiro atoms. The van der Waals surface area contributed by atoms with E-state index >= 15 is 0 Å². The van der Waals surface area contributed by atoms with Crippen molar-refractivity contribution in [3.63, 3.8) is 0 Å². The monoisotopic (exact) mass is 371 g/mol. The van der Waals surface area contributed by atoms with Crippen LogP contribution in [-0.4, -0.2) is 42.4 Å². The van der Waals surface area contributed by atoms with Gasteiger partial charge in [0.1, 0.15) is 6.61 Å². The molecule has 6 heteroatoms. The third kappa shape index (κ3) is 3.50. The number of nitrogens with zero attached hydrogens (tertiary/aromatic N) is 1. The molecule has 3 fully saturated rings. The van der Waals surface area contributed by atoms with Crippen molar-refractivity contribution in [1.82, 2.24) is 4.90 Å². The first kappa shape index (κ1) is 18.8. The second-order valence-corrected chi connectivity index (χ2v) is 9.32. The number of ether oxygens (including phenoxy) is 1. The highest BCUT2D eigenvalue weighted by atomic mass is 16.7. The van der Waals surface area contributed by atoms with Crippen LogP contribution in [0.5, 0.6) is 0 Å². The molecule has 1 unspecified atom stereocenters. The minimum Gasteiger partial charge on any atom is -0.445 e. The van der Waals surface area contributed by atoms with E-state index in [-0.39, 0.29) is 29.8 Å². The Morgan fingerprint density at radius 3 is 2.30 bits per heavy atom. The van der Waals surface area contributed by atoms with Crippen LogP contribution >= 0.6 is 0 Å². The van der Waals surface area contributed by atoms with Gasteiger partial charge < -0.3 is 18.9 Å². The van der Waals surface area contributed by atoms with Crippen molar-refractivity contribution in [2.24, 2.45) is 5.41 Å². The average molecular weight is 371 g/mol. The maximum atomic E-state index is 12.4. The smallest absolute Gasteiger partial charge is 0.445 e. The Morgan fingerprint density at radius 2 is 1.70 bits per heavy atom. The molecule has 2 saturated heterocycles. The van der Waals surface area contributed by atoms with E-state index in [1.807, 2.05) is 35.2 Å². The van der Waals surface area contributed by atoms with E-state index in [1.54, 1.807) is 0 Å². The highest BCUT2D eigenvalue weighted by Crippen LogP contribution is 2.67. The molecule has 0 N–H and O–H groups in total. The average Bonchev–Trinajstić information content (AvgIpc) is 3.27. The summed E-state index contributed by atoms with van der Waals surface area (Å²) < 4.78 is 18.0. The predicted octanol–water partition coefficient (Wildman–Crippen LogP) is 4.27. The second-order valence-electron chi connectivity index (χ2n) is 9.32. The quantitative estimate of drug-likeness (QED) is 0.745. The van der Waals surface area contributed by atoms with Crippen LogP contribution in [0, 0.1) is 5.41 Å². The largest absolute Gasteiger partial charge is 0.461 e. The predicted molar refractivity (Wildman–Crippen MR) is 104 cm³/mol. The zero-order chi connectivity index (χ0) is 19.3. The van der Waals surface area contributed by atoms with E-state index in [1.165, 1.54) is 0 Å². The molecule has 0 bridgehead atoms. The molecule has 3 aliphatic rings. The van der Waals surface area contributed by atoms with Crippen LogP contribution in [0.2, 0.25) is 5.82 Å². The molecule has 0 radical (unpaired) electrons. The molecule has 2 heterocycles. The van der Waals surface area contributed by atoms with Gasteiger partial charge in [-0.15, -0.1) is 0 Å². The molecule has 5 nitrogen and oxygen atoms in total. The number of carbonyl (C=O) groups is 1. The first-order valence-corrected chi connectivity index (χ1v) is 10.0. The van der Waals surface area contributed by atoms with Crippen LogP contribution in [0.3, 0.4) is 0 Å². The van der Waals surface area contributed by atoms with Gasteiger partial charge in [-0.3, -0.25) is 0 Å². The van der Waals surface area contributed by atoms with Gasteiger partial charge in [0.15, 0.2) is 0 Å². The van der Waals surface area contributed by atoms with Crippen LogP contribution in [0.15, 0.2) is 30.3 Å². The SMILES string of the molecule is CC1(C)OB(C2CC23CCN(C(=O)OCc2ccccc2)CC3)OC1(C)C. The molecule has 0 aromatic heterocycles. The summed E-state index contributed by atoms with van der Waals surface area (Å²) in [6.07, 6.45) is 2.93. The maximum absolute atomic E-state index is 12.4. The minimum absolute atomic E-state index is 0.119. The van der Waals surface area contributed by atoms with Crippen molar-refractivity contribution in [2.75, 3.05) is 13.1 Å². The molecule has 1 aromatic rings. The Labute approximate surface area is 162 Å². The summed E-state index contributed by atoms with van der Waals surface area (Å²) in [7, 11) is -0.119. The van der Waals surface area contributed by atoms with Crippen molar-refractivity contribution in [3.05, 3.63) is 35.9 Å². The molecule has 1 saturated carbocycles. The maximum Gasteiger partial charge on any atom is 0.461 e. The van der Waals surface area contributed by atoms with E-state index < -0.39 is 0 Å². The fourth-order valence-corrected chi connectivity index (χ4v) is 4.34. The fraction of sp³-hybridized carbons (Fsp3) is 0.667. The summed E-state index contributed by atoms with van der Waals surface area (Å²) in [6.45, 7) is 10.3. The molecule has 1 amide bonds. The first-order chi connectivity index (χ1) is 12.7. The third-order valence-electron chi connectivity index (χ3n) is 7.08. The van der Waals surface area contributed by atoms with Crippen LogP contribution < -0.4 is 0 Å². The van der Waals surface area contributed by atoms with E-state index in [2.05, 4.69) is 27.7 Å². The van der Waals surface area contributed by atoms with E-state index in [4.69, 9.17) is 14.0 Å². The lowest BCUT2D eigenvalue weighted by molar-refractivity contribution is 0.00578. The van der Waals surface area contributed by atoms with Gasteiger partial charge in [-0.05, 0) is 57.9 Å². The zero-order valence-corrected chi connectivity index (χ0v) is 16.9. The number of carbonyl (C=O) groups excluding carboxylic acids is 1. The Hall–Kier alpha value is -1.53. The molecular formula is C21H30BNO4. The summed E-state index contributed by atoms with van der Waals surface area (Å²) in [5.74, 6) is 0.445.